The molecule has 1 amide bonds. The number of aromatic nitrogens is 3. The number of aryl methyl sites for hydroxylation is 1. The number of hydrogen-bond donors (Lipinski definition) is 1. The lowest BCUT2D eigenvalue weighted by molar-refractivity contribution is 0.102. The van der Waals surface area contributed by atoms with Crippen LogP contribution in [0.25, 0.3) is 11.0 Å². The molecule has 0 saturated heterocycles. The lowest BCUT2D eigenvalue weighted by atomic mass is 10.2. The summed E-state index contributed by atoms with van der Waals surface area (Å²) < 4.78 is 49.5. The van der Waals surface area contributed by atoms with Gasteiger partial charge >= 0.3 is 5.76 Å². The van der Waals surface area contributed by atoms with Crippen LogP contribution in [0.3, 0.4) is 0 Å². The van der Waals surface area contributed by atoms with Crippen LogP contribution in [0.15, 0.2) is 47.4 Å². The number of fused-ring (bicyclic) bond motifs is 1. The fourth-order valence-corrected chi connectivity index (χ4v) is 3.10. The van der Waals surface area contributed by atoms with Crippen molar-refractivity contribution in [2.45, 2.75) is 24.1 Å². The van der Waals surface area contributed by atoms with Gasteiger partial charge in [-0.05, 0) is 49.4 Å². The highest BCUT2D eigenvalue weighted by molar-refractivity contribution is 7.91. The smallest absolute Gasteiger partial charge is 0.322 e. The summed E-state index contributed by atoms with van der Waals surface area (Å²) in [6, 6.07) is 9.46. The van der Waals surface area contributed by atoms with Gasteiger partial charge in [0, 0.05) is 17.8 Å². The van der Waals surface area contributed by atoms with Crippen LogP contribution in [0, 0.1) is 0 Å². The Bertz CT molecular complexity index is 1060. The molecule has 0 aliphatic heterocycles. The van der Waals surface area contributed by atoms with E-state index in [2.05, 4.69) is 15.6 Å². The number of carbonyl (C=O) groups is 1. The number of rotatable bonds is 5. The highest BCUT2D eigenvalue weighted by Crippen LogP contribution is 2.21. The fourth-order valence-electron chi connectivity index (χ4n) is 2.38. The molecule has 2 aromatic carbocycles. The van der Waals surface area contributed by atoms with Gasteiger partial charge in [0.1, 0.15) is 5.52 Å². The van der Waals surface area contributed by atoms with Crippen LogP contribution >= 0.6 is 0 Å². The SMILES string of the molecule is CCn1nnc2cc(C(=O)Nc3ccc(S(=O)(=O)C(F)F)cc3)ccc21. The monoisotopic (exact) mass is 380 g/mol. The number of carbonyl (C=O) groups excluding carboxylic acids is 1. The van der Waals surface area contributed by atoms with Gasteiger partial charge in [-0.1, -0.05) is 5.21 Å². The Kier molecular flexibility index (Phi) is 4.68. The summed E-state index contributed by atoms with van der Waals surface area (Å²) in [5.41, 5.74) is 1.98. The fraction of sp³-hybridized carbons (Fsp3) is 0.188. The number of sulfone groups is 1. The first kappa shape index (κ1) is 17.9. The van der Waals surface area contributed by atoms with Gasteiger partial charge in [0.15, 0.2) is 0 Å². The van der Waals surface area contributed by atoms with Crippen molar-refractivity contribution in [2.75, 3.05) is 5.32 Å². The second kappa shape index (κ2) is 6.79. The van der Waals surface area contributed by atoms with Crippen molar-refractivity contribution in [2.24, 2.45) is 0 Å². The lowest BCUT2D eigenvalue weighted by Crippen LogP contribution is -2.13. The molecule has 0 saturated carbocycles. The van der Waals surface area contributed by atoms with Crippen LogP contribution in [-0.2, 0) is 16.4 Å². The molecular formula is C16H14F2N4O3S. The maximum atomic E-state index is 12.5. The first-order valence-electron chi connectivity index (χ1n) is 7.59. The number of benzene rings is 2. The van der Waals surface area contributed by atoms with Gasteiger partial charge in [0.05, 0.1) is 10.4 Å². The van der Waals surface area contributed by atoms with Crippen LogP contribution in [0.2, 0.25) is 0 Å². The number of amides is 1. The Balaban J connectivity index is 1.80. The average molecular weight is 380 g/mol. The minimum Gasteiger partial charge on any atom is -0.322 e. The van der Waals surface area contributed by atoms with E-state index in [9.17, 15) is 22.0 Å². The normalized spacial score (nSPS) is 11.8. The van der Waals surface area contributed by atoms with Crippen molar-refractivity contribution in [1.29, 1.82) is 0 Å². The van der Waals surface area contributed by atoms with Gasteiger partial charge in [-0.25, -0.2) is 13.1 Å². The average Bonchev–Trinajstić information content (AvgIpc) is 3.04. The molecule has 3 aromatic rings. The maximum Gasteiger partial charge on any atom is 0.341 e. The molecule has 0 unspecified atom stereocenters. The van der Waals surface area contributed by atoms with Gasteiger partial charge in [0.2, 0.25) is 9.84 Å². The molecule has 0 spiro atoms. The molecule has 0 radical (unpaired) electrons. The van der Waals surface area contributed by atoms with E-state index >= 15 is 0 Å². The standard InChI is InChI=1S/C16H14F2N4O3S/c1-2-22-14-8-3-10(9-13(14)20-21-22)15(23)19-11-4-6-12(7-5-11)26(24,25)16(17)18/h3-9,16H,2H2,1H3,(H,19,23). The summed E-state index contributed by atoms with van der Waals surface area (Å²) in [6.07, 6.45) is 0. The van der Waals surface area contributed by atoms with Crippen LogP contribution in [0.1, 0.15) is 17.3 Å². The van der Waals surface area contributed by atoms with Gasteiger partial charge in [-0.15, -0.1) is 5.10 Å². The second-order valence-corrected chi connectivity index (χ2v) is 7.31. The predicted molar refractivity (Wildman–Crippen MR) is 90.8 cm³/mol. The summed E-state index contributed by atoms with van der Waals surface area (Å²) in [5.74, 6) is -3.94. The Morgan fingerprint density at radius 1 is 1.19 bits per heavy atom. The number of halogens is 2. The molecule has 0 aliphatic rings. The molecule has 0 aliphatic carbocycles. The number of hydrogen-bond acceptors (Lipinski definition) is 5. The summed E-state index contributed by atoms with van der Waals surface area (Å²) in [6.45, 7) is 2.57. The van der Waals surface area contributed by atoms with E-state index < -0.39 is 26.4 Å². The quantitative estimate of drug-likeness (QED) is 0.734. The summed E-state index contributed by atoms with van der Waals surface area (Å²) in [5, 5.41) is 10.5. The molecule has 1 heterocycles. The molecule has 3 rings (SSSR count). The van der Waals surface area contributed by atoms with Gasteiger partial charge in [0.25, 0.3) is 5.91 Å². The van der Waals surface area contributed by atoms with Gasteiger partial charge < -0.3 is 5.32 Å². The van der Waals surface area contributed by atoms with Gasteiger partial charge in [-0.2, -0.15) is 8.78 Å². The Morgan fingerprint density at radius 3 is 2.50 bits per heavy atom. The van der Waals surface area contributed by atoms with Crippen LogP contribution < -0.4 is 5.32 Å². The third-order valence-electron chi connectivity index (χ3n) is 3.75. The van der Waals surface area contributed by atoms with Crippen LogP contribution in [0.4, 0.5) is 14.5 Å². The number of nitrogens with one attached hydrogen (secondary N) is 1. The molecule has 0 bridgehead atoms. The van der Waals surface area contributed by atoms with E-state index in [0.29, 0.717) is 17.6 Å². The van der Waals surface area contributed by atoms with Crippen LogP contribution in [0.5, 0.6) is 0 Å². The summed E-state index contributed by atoms with van der Waals surface area (Å²) in [7, 11) is -4.66. The highest BCUT2D eigenvalue weighted by Gasteiger charge is 2.26. The number of nitrogens with zero attached hydrogens (tertiary/aromatic N) is 3. The minimum atomic E-state index is -4.66. The number of alkyl halides is 2. The second-order valence-electron chi connectivity index (χ2n) is 5.39. The Hall–Kier alpha value is -2.88. The largest absolute Gasteiger partial charge is 0.341 e. The molecule has 136 valence electrons. The zero-order chi connectivity index (χ0) is 18.9. The van der Waals surface area contributed by atoms with E-state index in [1.165, 1.54) is 12.1 Å². The molecular weight excluding hydrogens is 366 g/mol. The Labute approximate surface area is 147 Å². The van der Waals surface area contributed by atoms with Crippen molar-refractivity contribution in [3.8, 4) is 0 Å². The summed E-state index contributed by atoms with van der Waals surface area (Å²) >= 11 is 0. The van der Waals surface area contributed by atoms with E-state index in [1.54, 1.807) is 22.9 Å². The van der Waals surface area contributed by atoms with E-state index in [4.69, 9.17) is 0 Å². The third kappa shape index (κ3) is 3.27. The number of anilines is 1. The first-order valence-corrected chi connectivity index (χ1v) is 9.14. The third-order valence-corrected chi connectivity index (χ3v) is 5.15. The lowest BCUT2D eigenvalue weighted by Gasteiger charge is -2.07. The van der Waals surface area contributed by atoms with Crippen molar-refractivity contribution < 1.29 is 22.0 Å². The molecule has 0 atom stereocenters. The van der Waals surface area contributed by atoms with Crippen molar-refractivity contribution in [1.82, 2.24) is 15.0 Å². The predicted octanol–water partition coefficient (Wildman–Crippen LogP) is 2.70. The molecule has 7 nitrogen and oxygen atoms in total. The first-order chi connectivity index (χ1) is 12.3. The van der Waals surface area contributed by atoms with E-state index in [-0.39, 0.29) is 5.69 Å². The van der Waals surface area contributed by atoms with E-state index in [0.717, 1.165) is 17.6 Å². The highest BCUT2D eigenvalue weighted by atomic mass is 32.2. The molecule has 10 heteroatoms. The minimum absolute atomic E-state index is 0.278. The van der Waals surface area contributed by atoms with Crippen molar-refractivity contribution >= 4 is 32.5 Å². The molecule has 0 fully saturated rings. The Morgan fingerprint density at radius 2 is 1.88 bits per heavy atom. The zero-order valence-corrected chi connectivity index (χ0v) is 14.4. The summed E-state index contributed by atoms with van der Waals surface area (Å²) in [4.78, 5) is 11.8. The van der Waals surface area contributed by atoms with Gasteiger partial charge in [-0.3, -0.25) is 4.79 Å². The topological polar surface area (TPSA) is 93.9 Å². The van der Waals surface area contributed by atoms with E-state index in [1.807, 2.05) is 6.92 Å². The van der Waals surface area contributed by atoms with Crippen molar-refractivity contribution in [3.05, 3.63) is 48.0 Å². The molecule has 1 N–H and O–H groups in total. The zero-order valence-electron chi connectivity index (χ0n) is 13.6. The maximum absolute atomic E-state index is 12.5. The van der Waals surface area contributed by atoms with Crippen LogP contribution in [-0.4, -0.2) is 35.1 Å². The molecule has 26 heavy (non-hydrogen) atoms. The molecule has 1 aromatic heterocycles. The van der Waals surface area contributed by atoms with Crippen molar-refractivity contribution in [3.63, 3.8) is 0 Å².